The molecule has 45 heavy (non-hydrogen) atoms. The molecule has 0 fully saturated rings. The molecule has 0 aromatic heterocycles. The van der Waals surface area contributed by atoms with Gasteiger partial charge in [0.25, 0.3) is 0 Å². The molecule has 2 aliphatic carbocycles. The maximum absolute atomic E-state index is 14.3. The number of fused-ring (bicyclic) bond motifs is 6. The number of hydrogen-bond acceptors (Lipinski definition) is 2. The molecule has 0 aliphatic heterocycles. The van der Waals surface area contributed by atoms with Gasteiger partial charge in [0.2, 0.25) is 6.19 Å². The summed E-state index contributed by atoms with van der Waals surface area (Å²) in [4.78, 5) is 4.05. The third-order valence-corrected chi connectivity index (χ3v) is 8.22. The number of rotatable bonds is 2. The van der Waals surface area contributed by atoms with Gasteiger partial charge >= 0.3 is 12.4 Å². The van der Waals surface area contributed by atoms with Gasteiger partial charge in [-0.1, -0.05) is 42.5 Å². The van der Waals surface area contributed by atoms with Crippen LogP contribution in [0.15, 0.2) is 89.9 Å². The number of nitrogens with zero attached hydrogens (tertiary/aromatic N) is 2. The molecule has 2 aliphatic rings. The van der Waals surface area contributed by atoms with Crippen molar-refractivity contribution in [2.45, 2.75) is 18.8 Å². The van der Waals surface area contributed by atoms with Crippen molar-refractivity contribution in [1.29, 1.82) is 5.26 Å². The molecule has 5 aromatic carbocycles. The van der Waals surface area contributed by atoms with Gasteiger partial charge in [0.05, 0.1) is 16.8 Å². The first-order chi connectivity index (χ1) is 21.3. The zero-order chi connectivity index (χ0) is 31.8. The monoisotopic (exact) mass is 616 g/mol. The fourth-order valence-corrected chi connectivity index (χ4v) is 6.17. The lowest BCUT2D eigenvalue weighted by Crippen LogP contribution is -2.07. The second kappa shape index (κ2) is 9.86. The fraction of sp³-hybridized carbons (Fsp3) is 0.0857. The van der Waals surface area contributed by atoms with E-state index in [-0.39, 0.29) is 5.56 Å². The molecule has 0 N–H and O–H groups in total. The zero-order valence-electron chi connectivity index (χ0n) is 22.7. The molecule has 0 amide bonds. The summed E-state index contributed by atoms with van der Waals surface area (Å²) >= 11 is 0. The Morgan fingerprint density at radius 3 is 1.56 bits per heavy atom. The number of hydrogen-bond donors (Lipinski definition) is 0. The molecule has 0 saturated carbocycles. The van der Waals surface area contributed by atoms with Crippen LogP contribution in [0.4, 0.5) is 35.1 Å². The van der Waals surface area contributed by atoms with Crippen LogP contribution in [-0.2, 0) is 18.8 Å². The number of nitriles is 1. The Kier molecular flexibility index (Phi) is 6.24. The van der Waals surface area contributed by atoms with E-state index < -0.39 is 35.1 Å². The summed E-state index contributed by atoms with van der Waals surface area (Å²) in [5.41, 5.74) is 5.63. The van der Waals surface area contributed by atoms with Crippen LogP contribution in [0.25, 0.3) is 44.5 Å². The number of aliphatic imine (C=N–C) groups is 1. The van der Waals surface area contributed by atoms with Crippen LogP contribution in [0.2, 0.25) is 0 Å². The van der Waals surface area contributed by atoms with Gasteiger partial charge in [-0.2, -0.15) is 36.6 Å². The van der Waals surface area contributed by atoms with Crippen LogP contribution in [0, 0.1) is 23.1 Å². The second-order valence-corrected chi connectivity index (χ2v) is 10.8. The minimum absolute atomic E-state index is 0.232. The molecule has 0 atom stereocenters. The predicted molar refractivity (Wildman–Crippen MR) is 152 cm³/mol. The van der Waals surface area contributed by atoms with Crippen LogP contribution in [0.5, 0.6) is 0 Å². The Bertz CT molecular complexity index is 2150. The van der Waals surface area contributed by atoms with Gasteiger partial charge in [0.1, 0.15) is 11.6 Å². The largest absolute Gasteiger partial charge is 0.419 e. The van der Waals surface area contributed by atoms with Crippen molar-refractivity contribution in [3.63, 3.8) is 0 Å². The summed E-state index contributed by atoms with van der Waals surface area (Å²) in [6, 6.07) is 19.9. The van der Waals surface area contributed by atoms with E-state index in [9.17, 15) is 40.4 Å². The second-order valence-electron chi connectivity index (χ2n) is 10.8. The smallest absolute Gasteiger partial charge is 0.206 e. The van der Waals surface area contributed by atoms with E-state index >= 15 is 0 Å². The van der Waals surface area contributed by atoms with Gasteiger partial charge < -0.3 is 0 Å². The molecule has 7 rings (SSSR count). The summed E-state index contributed by atoms with van der Waals surface area (Å²) in [6.07, 6.45) is -7.33. The highest BCUT2D eigenvalue weighted by Gasteiger charge is 2.35. The van der Waals surface area contributed by atoms with Gasteiger partial charge in [-0.05, 0) is 105 Å². The summed E-state index contributed by atoms with van der Waals surface area (Å²) in [6.45, 7) is 0. The highest BCUT2D eigenvalue weighted by Crippen LogP contribution is 2.47. The van der Waals surface area contributed by atoms with Crippen molar-refractivity contribution in [3.8, 4) is 50.7 Å². The minimum atomic E-state index is -4.82. The molecule has 0 radical (unpaired) electrons. The topological polar surface area (TPSA) is 36.1 Å². The number of halogens is 8. The van der Waals surface area contributed by atoms with E-state index in [1.54, 1.807) is 24.3 Å². The summed E-state index contributed by atoms with van der Waals surface area (Å²) in [7, 11) is 0. The standard InChI is InChI=1S/C35H16F8N2/c36-31-13-19(3-7-29(31)34(38,39)40)17-1-5-23-21(9-17)10-22-12-28-26(15-25(22)23)24-6-2-18(11-27(24)33(28)45-16-44)20-4-8-30(32(37)14-20)35(41,42)43/h1-9,11-15H,10H2. The van der Waals surface area contributed by atoms with Crippen molar-refractivity contribution >= 4 is 5.71 Å². The van der Waals surface area contributed by atoms with Crippen LogP contribution in [-0.4, -0.2) is 5.71 Å². The first-order valence-electron chi connectivity index (χ1n) is 13.5. The maximum atomic E-state index is 14.3. The first kappa shape index (κ1) is 28.5. The van der Waals surface area contributed by atoms with E-state index in [0.29, 0.717) is 46.0 Å². The predicted octanol–water partition coefficient (Wildman–Crippen LogP) is 10.2. The van der Waals surface area contributed by atoms with E-state index in [1.165, 1.54) is 12.1 Å². The lowest BCUT2D eigenvalue weighted by molar-refractivity contribution is -0.140. The summed E-state index contributed by atoms with van der Waals surface area (Å²) in [5.74, 6) is -2.74. The third-order valence-electron chi connectivity index (χ3n) is 8.22. The Labute approximate surface area is 250 Å². The van der Waals surface area contributed by atoms with E-state index in [0.717, 1.165) is 51.6 Å². The SMILES string of the molecule is N#CN=C1c2cc(-c3ccc(C(F)(F)F)c(F)c3)ccc2-c2cc3c(cc21)Cc1cc(-c2ccc(C(F)(F)F)c(F)c2)ccc1-3. The van der Waals surface area contributed by atoms with Crippen molar-refractivity contribution in [2.24, 2.45) is 4.99 Å². The fourth-order valence-electron chi connectivity index (χ4n) is 6.17. The van der Waals surface area contributed by atoms with Gasteiger partial charge in [0.15, 0.2) is 0 Å². The highest BCUT2D eigenvalue weighted by atomic mass is 19.4. The lowest BCUT2D eigenvalue weighted by Gasteiger charge is -2.11. The van der Waals surface area contributed by atoms with Gasteiger partial charge in [-0.3, -0.25) is 0 Å². The molecule has 0 spiro atoms. The Morgan fingerprint density at radius 1 is 0.511 bits per heavy atom. The van der Waals surface area contributed by atoms with Crippen LogP contribution in [0.3, 0.4) is 0 Å². The van der Waals surface area contributed by atoms with E-state index in [1.807, 2.05) is 30.5 Å². The summed E-state index contributed by atoms with van der Waals surface area (Å²) in [5, 5.41) is 9.48. The Hall–Kier alpha value is -5.30. The van der Waals surface area contributed by atoms with E-state index in [4.69, 9.17) is 0 Å². The molecular formula is C35H16F8N2. The van der Waals surface area contributed by atoms with Crippen molar-refractivity contribution < 1.29 is 35.1 Å². The van der Waals surface area contributed by atoms with E-state index in [2.05, 4.69) is 4.99 Å². The minimum Gasteiger partial charge on any atom is -0.206 e. The molecule has 2 nitrogen and oxygen atoms in total. The molecule has 10 heteroatoms. The molecule has 222 valence electrons. The van der Waals surface area contributed by atoms with Gasteiger partial charge in [-0.15, -0.1) is 0 Å². The molecule has 0 saturated heterocycles. The molecule has 5 aromatic rings. The number of benzene rings is 5. The normalized spacial score (nSPS) is 14.2. The lowest BCUT2D eigenvalue weighted by atomic mass is 9.95. The number of alkyl halides is 6. The first-order valence-corrected chi connectivity index (χ1v) is 13.5. The quantitative estimate of drug-likeness (QED) is 0.141. The van der Waals surface area contributed by atoms with Crippen LogP contribution in [0.1, 0.15) is 33.4 Å². The Morgan fingerprint density at radius 2 is 1.00 bits per heavy atom. The molecule has 0 heterocycles. The summed E-state index contributed by atoms with van der Waals surface area (Å²) < 4.78 is 107. The zero-order valence-corrected chi connectivity index (χ0v) is 22.7. The molecule has 0 unspecified atom stereocenters. The highest BCUT2D eigenvalue weighted by molar-refractivity contribution is 6.25. The average molecular weight is 617 g/mol. The van der Waals surface area contributed by atoms with Crippen LogP contribution >= 0.6 is 0 Å². The molecule has 0 bridgehead atoms. The maximum Gasteiger partial charge on any atom is 0.419 e. The Balaban J connectivity index is 1.27. The third kappa shape index (κ3) is 4.67. The van der Waals surface area contributed by atoms with Crippen molar-refractivity contribution in [2.75, 3.05) is 0 Å². The average Bonchev–Trinajstić information content (AvgIpc) is 3.48. The van der Waals surface area contributed by atoms with Crippen LogP contribution < -0.4 is 0 Å². The van der Waals surface area contributed by atoms with Crippen molar-refractivity contribution in [3.05, 3.63) is 130 Å². The van der Waals surface area contributed by atoms with Crippen molar-refractivity contribution in [1.82, 2.24) is 0 Å². The van der Waals surface area contributed by atoms with Gasteiger partial charge in [-0.25, -0.2) is 8.78 Å². The van der Waals surface area contributed by atoms with Gasteiger partial charge in [0, 0.05) is 11.1 Å². The molecular weight excluding hydrogens is 600 g/mol.